The Bertz CT molecular complexity index is 659. The smallest absolute Gasteiger partial charge is 0.408 e. The first-order valence-corrected chi connectivity index (χ1v) is 8.04. The highest BCUT2D eigenvalue weighted by Gasteiger charge is 2.25. The summed E-state index contributed by atoms with van der Waals surface area (Å²) in [5.41, 5.74) is 0. The van der Waals surface area contributed by atoms with Crippen molar-refractivity contribution in [3.05, 3.63) is 43.0 Å². The molecule has 0 aliphatic heterocycles. The van der Waals surface area contributed by atoms with Crippen LogP contribution in [0.4, 0.5) is 4.79 Å². The molecule has 1 rings (SSSR count). The lowest BCUT2D eigenvalue weighted by atomic mass is 10.1. The van der Waals surface area contributed by atoms with E-state index in [1.54, 1.807) is 24.3 Å². The summed E-state index contributed by atoms with van der Waals surface area (Å²) in [5.74, 6) is -2.18. The largest absolute Gasteiger partial charge is 0.493 e. The Hall–Kier alpha value is -3.36. The van der Waals surface area contributed by atoms with E-state index in [-0.39, 0.29) is 19.6 Å². The number of hydrogen-bond donors (Lipinski definition) is 2. The summed E-state index contributed by atoms with van der Waals surface area (Å²) in [5, 5.41) is 11.0. The van der Waals surface area contributed by atoms with E-state index in [0.717, 1.165) is 0 Å². The third-order valence-corrected chi connectivity index (χ3v) is 3.09. The van der Waals surface area contributed by atoms with Crippen LogP contribution in [0.3, 0.4) is 0 Å². The molecule has 0 aromatic heterocycles. The predicted octanol–water partition coefficient (Wildman–Crippen LogP) is 1.32. The molecule has 0 bridgehead atoms. The lowest BCUT2D eigenvalue weighted by molar-refractivity contribution is -0.149. The van der Waals surface area contributed by atoms with Crippen LogP contribution in [-0.4, -0.2) is 54.8 Å². The van der Waals surface area contributed by atoms with Crippen molar-refractivity contribution in [1.82, 2.24) is 5.32 Å². The van der Waals surface area contributed by atoms with Crippen molar-refractivity contribution in [2.24, 2.45) is 0 Å². The molecule has 1 aromatic carbocycles. The molecule has 0 spiro atoms. The van der Waals surface area contributed by atoms with E-state index >= 15 is 0 Å². The summed E-state index contributed by atoms with van der Waals surface area (Å²) in [6.45, 7) is 2.63. The molecule has 1 amide bonds. The maximum Gasteiger partial charge on any atom is 0.408 e. The quantitative estimate of drug-likeness (QED) is 0.411. The molecule has 0 radical (unpaired) electrons. The number of esters is 1. The molecule has 146 valence electrons. The molecule has 9 nitrogen and oxygen atoms in total. The number of aliphatic carboxylic acids is 1. The van der Waals surface area contributed by atoms with Crippen molar-refractivity contribution in [2.75, 3.05) is 19.8 Å². The molecular weight excluding hydrogens is 358 g/mol. The number of carbonyl (C=O) groups excluding carboxylic acids is 3. The van der Waals surface area contributed by atoms with Crippen LogP contribution in [0, 0.1) is 0 Å². The topological polar surface area (TPSA) is 128 Å². The molecule has 1 aromatic rings. The first-order chi connectivity index (χ1) is 12.9. The third-order valence-electron chi connectivity index (χ3n) is 3.09. The Morgan fingerprint density at radius 2 is 1.85 bits per heavy atom. The van der Waals surface area contributed by atoms with E-state index in [2.05, 4.69) is 16.6 Å². The fourth-order valence-corrected chi connectivity index (χ4v) is 1.83. The second-order valence-electron chi connectivity index (χ2n) is 5.22. The highest BCUT2D eigenvalue weighted by molar-refractivity contribution is 5.92. The molecule has 0 saturated carbocycles. The van der Waals surface area contributed by atoms with E-state index in [1.165, 1.54) is 6.08 Å². The van der Waals surface area contributed by atoms with Crippen LogP contribution >= 0.6 is 0 Å². The Morgan fingerprint density at radius 1 is 1.15 bits per heavy atom. The first kappa shape index (κ1) is 21.7. The first-order valence-electron chi connectivity index (χ1n) is 8.04. The summed E-state index contributed by atoms with van der Waals surface area (Å²) < 4.78 is 14.8. The number of benzene rings is 1. The molecule has 9 heteroatoms. The third kappa shape index (κ3) is 9.63. The van der Waals surface area contributed by atoms with Crippen molar-refractivity contribution in [2.45, 2.75) is 18.9 Å². The van der Waals surface area contributed by atoms with Gasteiger partial charge in [0.2, 0.25) is 0 Å². The van der Waals surface area contributed by atoms with Crippen LogP contribution in [0.2, 0.25) is 0 Å². The summed E-state index contributed by atoms with van der Waals surface area (Å²) in [6, 6.07) is 7.45. The van der Waals surface area contributed by atoms with Gasteiger partial charge in [-0.1, -0.05) is 30.9 Å². The molecule has 2 N–H and O–H groups in total. The number of amides is 1. The number of Topliss-reactive ketones (excluding diaryl/α,β-unsaturated/α-hetero) is 1. The molecule has 27 heavy (non-hydrogen) atoms. The van der Waals surface area contributed by atoms with Crippen LogP contribution in [0.25, 0.3) is 0 Å². The Balaban J connectivity index is 2.40. The van der Waals surface area contributed by atoms with Gasteiger partial charge in [-0.05, 0) is 12.1 Å². The van der Waals surface area contributed by atoms with Gasteiger partial charge in [-0.15, -0.1) is 0 Å². The lowest BCUT2D eigenvalue weighted by Crippen LogP contribution is -2.44. The van der Waals surface area contributed by atoms with Crippen LogP contribution < -0.4 is 10.1 Å². The molecule has 0 heterocycles. The minimum atomic E-state index is -1.38. The monoisotopic (exact) mass is 379 g/mol. The SMILES string of the molecule is C=CCOC(=O)N[C@@H](CC(=O)O)C(=O)COC(=O)CCOc1ccccc1. The molecule has 0 aliphatic rings. The zero-order valence-electron chi connectivity index (χ0n) is 14.6. The van der Waals surface area contributed by atoms with Crippen LogP contribution in [-0.2, 0) is 23.9 Å². The van der Waals surface area contributed by atoms with E-state index < -0.39 is 42.9 Å². The number of alkyl carbamates (subject to hydrolysis) is 1. The fraction of sp³-hybridized carbons (Fsp3) is 0.333. The van der Waals surface area contributed by atoms with Gasteiger partial charge in [0.1, 0.15) is 18.4 Å². The summed E-state index contributed by atoms with van der Waals surface area (Å²) in [7, 11) is 0. The number of carboxylic acid groups (broad SMARTS) is 1. The van der Waals surface area contributed by atoms with Crippen LogP contribution in [0.1, 0.15) is 12.8 Å². The Morgan fingerprint density at radius 3 is 2.48 bits per heavy atom. The van der Waals surface area contributed by atoms with Gasteiger partial charge in [0, 0.05) is 0 Å². The maximum atomic E-state index is 12.0. The maximum absolute atomic E-state index is 12.0. The number of ketones is 1. The fourth-order valence-electron chi connectivity index (χ4n) is 1.83. The van der Waals surface area contributed by atoms with E-state index in [1.807, 2.05) is 6.07 Å². The van der Waals surface area contributed by atoms with Gasteiger partial charge < -0.3 is 24.6 Å². The van der Waals surface area contributed by atoms with E-state index in [0.29, 0.717) is 5.75 Å². The molecule has 0 saturated heterocycles. The minimum Gasteiger partial charge on any atom is -0.493 e. The molecule has 0 aliphatic carbocycles. The number of hydrogen-bond acceptors (Lipinski definition) is 7. The second-order valence-corrected chi connectivity index (χ2v) is 5.22. The summed E-state index contributed by atoms with van der Waals surface area (Å²) in [6.07, 6.45) is -0.429. The average molecular weight is 379 g/mol. The van der Waals surface area contributed by atoms with Gasteiger partial charge in [-0.2, -0.15) is 0 Å². The van der Waals surface area contributed by atoms with Crippen molar-refractivity contribution in [3.63, 3.8) is 0 Å². The van der Waals surface area contributed by atoms with Crippen molar-refractivity contribution in [1.29, 1.82) is 0 Å². The summed E-state index contributed by atoms with van der Waals surface area (Å²) in [4.78, 5) is 46.0. The highest BCUT2D eigenvalue weighted by Crippen LogP contribution is 2.08. The Kier molecular flexibility index (Phi) is 9.69. The molecule has 0 unspecified atom stereocenters. The van der Waals surface area contributed by atoms with Gasteiger partial charge in [0.25, 0.3) is 0 Å². The molecule has 0 fully saturated rings. The number of rotatable bonds is 12. The predicted molar refractivity (Wildman–Crippen MR) is 93.2 cm³/mol. The number of nitrogens with one attached hydrogen (secondary N) is 1. The zero-order valence-corrected chi connectivity index (χ0v) is 14.6. The average Bonchev–Trinajstić information content (AvgIpc) is 2.64. The van der Waals surface area contributed by atoms with Crippen molar-refractivity contribution >= 4 is 23.8 Å². The van der Waals surface area contributed by atoms with Crippen LogP contribution in [0.15, 0.2) is 43.0 Å². The van der Waals surface area contributed by atoms with E-state index in [4.69, 9.17) is 14.6 Å². The standard InChI is InChI=1S/C18H21NO8/c1-2-9-26-18(24)19-14(11-16(21)22)15(20)12-27-17(23)8-10-25-13-6-4-3-5-7-13/h2-7,14H,1,8-12H2,(H,19,24)(H,21,22)/t14-/m0/s1. The lowest BCUT2D eigenvalue weighted by Gasteiger charge is -2.15. The van der Waals surface area contributed by atoms with Gasteiger partial charge >= 0.3 is 18.0 Å². The summed E-state index contributed by atoms with van der Waals surface area (Å²) >= 11 is 0. The zero-order chi connectivity index (χ0) is 20.1. The number of carbonyl (C=O) groups is 4. The van der Waals surface area contributed by atoms with Gasteiger partial charge in [-0.3, -0.25) is 14.4 Å². The Labute approximate surface area is 155 Å². The number of carboxylic acids is 1. The normalized spacial score (nSPS) is 11.0. The van der Waals surface area contributed by atoms with Crippen molar-refractivity contribution in [3.8, 4) is 5.75 Å². The number of para-hydroxylation sites is 1. The molecular formula is C18H21NO8. The minimum absolute atomic E-state index is 0.0573. The molecule has 1 atom stereocenters. The second kappa shape index (κ2) is 12.1. The van der Waals surface area contributed by atoms with Gasteiger partial charge in [0.05, 0.1) is 19.4 Å². The highest BCUT2D eigenvalue weighted by atomic mass is 16.6. The van der Waals surface area contributed by atoms with Gasteiger partial charge in [-0.25, -0.2) is 4.79 Å². The van der Waals surface area contributed by atoms with E-state index in [9.17, 15) is 19.2 Å². The number of ether oxygens (including phenoxy) is 3. The van der Waals surface area contributed by atoms with Crippen LogP contribution in [0.5, 0.6) is 5.75 Å². The van der Waals surface area contributed by atoms with Crippen molar-refractivity contribution < 1.29 is 38.5 Å². The van der Waals surface area contributed by atoms with Gasteiger partial charge in [0.15, 0.2) is 12.4 Å².